The fraction of sp³-hybridized carbons (Fsp3) is 0.846. The number of likely N-dealkylation sites (N-methyl/N-ethyl adjacent to an activating group) is 1. The van der Waals surface area contributed by atoms with Crippen molar-refractivity contribution in [3.63, 3.8) is 0 Å². The van der Waals surface area contributed by atoms with E-state index < -0.39 is 17.7 Å². The van der Waals surface area contributed by atoms with Crippen molar-refractivity contribution in [2.24, 2.45) is 5.92 Å². The number of amides is 2. The first-order valence-electron chi connectivity index (χ1n) is 6.41. The van der Waals surface area contributed by atoms with Crippen LogP contribution in [0.25, 0.3) is 0 Å². The monoisotopic (exact) mass is 256 g/mol. The fourth-order valence-electron chi connectivity index (χ4n) is 1.87. The molecule has 0 saturated heterocycles. The minimum Gasteiger partial charge on any atom is -0.444 e. The van der Waals surface area contributed by atoms with Gasteiger partial charge in [0.1, 0.15) is 11.6 Å². The number of alkyl carbamates (subject to hydrolysis) is 1. The van der Waals surface area contributed by atoms with E-state index in [-0.39, 0.29) is 11.8 Å². The van der Waals surface area contributed by atoms with Crippen LogP contribution in [-0.4, -0.2) is 42.6 Å². The van der Waals surface area contributed by atoms with Crippen LogP contribution in [0.1, 0.15) is 40.0 Å². The Bertz CT molecular complexity index is 317. The Morgan fingerprint density at radius 3 is 2.17 bits per heavy atom. The zero-order valence-corrected chi connectivity index (χ0v) is 11.9. The summed E-state index contributed by atoms with van der Waals surface area (Å²) in [7, 11) is 3.40. The van der Waals surface area contributed by atoms with Crippen LogP contribution in [0.3, 0.4) is 0 Å². The molecule has 18 heavy (non-hydrogen) atoms. The molecule has 1 saturated carbocycles. The van der Waals surface area contributed by atoms with Gasteiger partial charge in [0.25, 0.3) is 0 Å². The van der Waals surface area contributed by atoms with E-state index in [2.05, 4.69) is 5.32 Å². The third kappa shape index (κ3) is 4.20. The molecule has 0 heterocycles. The van der Waals surface area contributed by atoms with Gasteiger partial charge in [-0.25, -0.2) is 4.79 Å². The van der Waals surface area contributed by atoms with Crippen LogP contribution in [0.5, 0.6) is 0 Å². The quantitative estimate of drug-likeness (QED) is 0.837. The number of nitrogens with one attached hydrogen (secondary N) is 1. The summed E-state index contributed by atoms with van der Waals surface area (Å²) in [4.78, 5) is 25.3. The van der Waals surface area contributed by atoms with Crippen LogP contribution < -0.4 is 5.32 Å². The molecule has 104 valence electrons. The molecule has 0 aromatic carbocycles. The largest absolute Gasteiger partial charge is 0.444 e. The van der Waals surface area contributed by atoms with Gasteiger partial charge in [-0.05, 0) is 39.5 Å². The van der Waals surface area contributed by atoms with Gasteiger partial charge in [-0.1, -0.05) is 6.42 Å². The Morgan fingerprint density at radius 1 is 1.28 bits per heavy atom. The van der Waals surface area contributed by atoms with Gasteiger partial charge in [-0.2, -0.15) is 0 Å². The Morgan fingerprint density at radius 2 is 1.83 bits per heavy atom. The van der Waals surface area contributed by atoms with E-state index >= 15 is 0 Å². The number of carbonyl (C=O) groups is 2. The van der Waals surface area contributed by atoms with Crippen molar-refractivity contribution >= 4 is 12.0 Å². The molecular weight excluding hydrogens is 232 g/mol. The van der Waals surface area contributed by atoms with Gasteiger partial charge in [0.15, 0.2) is 0 Å². The molecular formula is C13H24N2O3. The number of rotatable bonds is 3. The van der Waals surface area contributed by atoms with E-state index in [4.69, 9.17) is 4.74 Å². The Labute approximate surface area is 109 Å². The zero-order chi connectivity index (χ0) is 13.9. The van der Waals surface area contributed by atoms with Crippen LogP contribution in [0.15, 0.2) is 0 Å². The van der Waals surface area contributed by atoms with E-state index in [1.807, 2.05) is 0 Å². The van der Waals surface area contributed by atoms with E-state index in [0.717, 1.165) is 19.3 Å². The summed E-state index contributed by atoms with van der Waals surface area (Å²) in [5.41, 5.74) is -0.546. The maximum absolute atomic E-state index is 12.0. The molecule has 0 spiro atoms. The number of hydrogen-bond acceptors (Lipinski definition) is 3. The average Bonchev–Trinajstić information content (AvgIpc) is 2.09. The second kappa shape index (κ2) is 5.59. The zero-order valence-electron chi connectivity index (χ0n) is 11.9. The maximum Gasteiger partial charge on any atom is 0.408 e. The smallest absolute Gasteiger partial charge is 0.408 e. The molecule has 2 amide bonds. The molecule has 1 aliphatic rings. The predicted octanol–water partition coefficient (Wildman–Crippen LogP) is 1.77. The minimum absolute atomic E-state index is 0.0643. The van der Waals surface area contributed by atoms with Crippen molar-refractivity contribution in [2.75, 3.05) is 14.1 Å². The van der Waals surface area contributed by atoms with Crippen LogP contribution in [-0.2, 0) is 9.53 Å². The van der Waals surface area contributed by atoms with Crippen molar-refractivity contribution in [2.45, 2.75) is 51.7 Å². The summed E-state index contributed by atoms with van der Waals surface area (Å²) in [6, 6.07) is -0.455. The summed E-state index contributed by atoms with van der Waals surface area (Å²) in [6.45, 7) is 5.41. The molecule has 1 rings (SSSR count). The van der Waals surface area contributed by atoms with Crippen LogP contribution in [0.4, 0.5) is 4.79 Å². The lowest BCUT2D eigenvalue weighted by atomic mass is 9.79. The van der Waals surface area contributed by atoms with Crippen molar-refractivity contribution in [3.8, 4) is 0 Å². The van der Waals surface area contributed by atoms with Crippen LogP contribution in [0, 0.1) is 5.92 Å². The second-order valence-corrected chi connectivity index (χ2v) is 6.05. The van der Waals surface area contributed by atoms with Crippen molar-refractivity contribution in [1.29, 1.82) is 0 Å². The van der Waals surface area contributed by atoms with Gasteiger partial charge < -0.3 is 15.0 Å². The van der Waals surface area contributed by atoms with Crippen molar-refractivity contribution < 1.29 is 14.3 Å². The molecule has 1 aliphatic carbocycles. The third-order valence-corrected chi connectivity index (χ3v) is 3.00. The van der Waals surface area contributed by atoms with Gasteiger partial charge in [0.05, 0.1) is 0 Å². The Balaban J connectivity index is 2.61. The first kappa shape index (κ1) is 14.8. The van der Waals surface area contributed by atoms with E-state index in [1.165, 1.54) is 4.90 Å². The highest BCUT2D eigenvalue weighted by molar-refractivity contribution is 5.85. The molecule has 0 unspecified atom stereocenters. The molecule has 0 radical (unpaired) electrons. The summed E-state index contributed by atoms with van der Waals surface area (Å²) in [5.74, 6) is 0.179. The molecule has 1 fully saturated rings. The van der Waals surface area contributed by atoms with Gasteiger partial charge in [0.2, 0.25) is 5.91 Å². The molecule has 5 heteroatoms. The Kier molecular flexibility index (Phi) is 4.59. The lowest BCUT2D eigenvalue weighted by molar-refractivity contribution is -0.133. The Hall–Kier alpha value is -1.26. The third-order valence-electron chi connectivity index (χ3n) is 3.00. The number of nitrogens with zero attached hydrogens (tertiary/aromatic N) is 1. The standard InChI is InChI=1S/C13H24N2O3/c1-13(2,3)18-12(17)14-10(9-7-6-8-9)11(16)15(4)5/h9-10H,6-8H2,1-5H3,(H,14,17)/t10-/m1/s1. The first-order chi connectivity index (χ1) is 8.20. The highest BCUT2D eigenvalue weighted by Crippen LogP contribution is 2.30. The summed E-state index contributed by atoms with van der Waals surface area (Å²) in [6.07, 6.45) is 2.58. The molecule has 1 atom stereocenters. The van der Waals surface area contributed by atoms with E-state index in [1.54, 1.807) is 34.9 Å². The second-order valence-electron chi connectivity index (χ2n) is 6.05. The number of hydrogen-bond donors (Lipinski definition) is 1. The van der Waals surface area contributed by atoms with Gasteiger partial charge >= 0.3 is 6.09 Å². The number of carbonyl (C=O) groups excluding carboxylic acids is 2. The fourth-order valence-corrected chi connectivity index (χ4v) is 1.87. The molecule has 0 aromatic rings. The predicted molar refractivity (Wildman–Crippen MR) is 69.2 cm³/mol. The summed E-state index contributed by atoms with van der Waals surface area (Å²) in [5, 5.41) is 2.70. The topological polar surface area (TPSA) is 58.6 Å². The highest BCUT2D eigenvalue weighted by atomic mass is 16.6. The van der Waals surface area contributed by atoms with Crippen LogP contribution in [0.2, 0.25) is 0 Å². The minimum atomic E-state index is -0.546. The molecule has 0 aromatic heterocycles. The average molecular weight is 256 g/mol. The first-order valence-corrected chi connectivity index (χ1v) is 6.41. The highest BCUT2D eigenvalue weighted by Gasteiger charge is 2.35. The van der Waals surface area contributed by atoms with Gasteiger partial charge in [-0.3, -0.25) is 4.79 Å². The van der Waals surface area contributed by atoms with Gasteiger partial charge in [0, 0.05) is 14.1 Å². The van der Waals surface area contributed by atoms with Crippen molar-refractivity contribution in [3.05, 3.63) is 0 Å². The molecule has 0 bridgehead atoms. The molecule has 5 nitrogen and oxygen atoms in total. The lowest BCUT2D eigenvalue weighted by Crippen LogP contribution is -2.53. The molecule has 0 aliphatic heterocycles. The van der Waals surface area contributed by atoms with E-state index in [0.29, 0.717) is 0 Å². The normalized spacial score (nSPS) is 17.6. The number of ether oxygens (including phenoxy) is 1. The van der Waals surface area contributed by atoms with E-state index in [9.17, 15) is 9.59 Å². The SMILES string of the molecule is CN(C)C(=O)[C@H](NC(=O)OC(C)(C)C)C1CCC1. The van der Waals surface area contributed by atoms with Crippen LogP contribution >= 0.6 is 0 Å². The maximum atomic E-state index is 12.0. The van der Waals surface area contributed by atoms with Gasteiger partial charge in [-0.15, -0.1) is 0 Å². The summed E-state index contributed by atoms with van der Waals surface area (Å²) < 4.78 is 5.20. The molecule has 1 N–H and O–H groups in total. The summed E-state index contributed by atoms with van der Waals surface area (Å²) >= 11 is 0. The van der Waals surface area contributed by atoms with Crippen molar-refractivity contribution in [1.82, 2.24) is 10.2 Å². The lowest BCUT2D eigenvalue weighted by Gasteiger charge is -2.35.